The molecule has 0 fully saturated rings. The van der Waals surface area contributed by atoms with E-state index in [0.717, 1.165) is 0 Å². The lowest BCUT2D eigenvalue weighted by atomic mass is 10.1. The molecule has 0 bridgehead atoms. The lowest BCUT2D eigenvalue weighted by Crippen LogP contribution is -2.18. The third-order valence-corrected chi connectivity index (χ3v) is 4.23. The normalized spacial score (nSPS) is 12.9. The van der Waals surface area contributed by atoms with Gasteiger partial charge in [-0.05, 0) is 18.9 Å². The van der Waals surface area contributed by atoms with Crippen LogP contribution in [0.1, 0.15) is 18.9 Å². The second kappa shape index (κ2) is 5.31. The largest absolute Gasteiger partial charge is 0.0730 e. The van der Waals surface area contributed by atoms with E-state index in [-0.39, 0.29) is 0 Å². The Kier molecular flexibility index (Phi) is 4.34. The van der Waals surface area contributed by atoms with Gasteiger partial charge in [-0.25, -0.2) is 0 Å². The fraction of sp³-hybridized carbons (Fsp3) is 0.429. The van der Waals surface area contributed by atoms with Crippen molar-refractivity contribution in [3.8, 4) is 0 Å². The third kappa shape index (κ3) is 5.58. The number of rotatable bonds is 4. The summed E-state index contributed by atoms with van der Waals surface area (Å²) in [4.78, 5) is 0. The molecule has 0 unspecified atom stereocenters. The SMILES string of the molecule is C/C(=C\c1ccccc1)CC[Si](C)(C)C. The summed E-state index contributed by atoms with van der Waals surface area (Å²) in [6.07, 6.45) is 3.56. The predicted molar refractivity (Wildman–Crippen MR) is 72.9 cm³/mol. The number of benzene rings is 1. The average Bonchev–Trinajstić information content (AvgIpc) is 2.15. The van der Waals surface area contributed by atoms with E-state index >= 15 is 0 Å². The van der Waals surface area contributed by atoms with Gasteiger partial charge in [0, 0.05) is 8.07 Å². The number of hydrogen-bond acceptors (Lipinski definition) is 0. The van der Waals surface area contributed by atoms with Crippen molar-refractivity contribution in [2.24, 2.45) is 0 Å². The molecule has 0 saturated heterocycles. The van der Waals surface area contributed by atoms with E-state index in [9.17, 15) is 0 Å². The number of hydrogen-bond donors (Lipinski definition) is 0. The molecule has 1 aromatic rings. The van der Waals surface area contributed by atoms with Gasteiger partial charge in [-0.2, -0.15) is 0 Å². The van der Waals surface area contributed by atoms with E-state index in [0.29, 0.717) is 0 Å². The first-order valence-corrected chi connectivity index (χ1v) is 9.40. The van der Waals surface area contributed by atoms with Crippen LogP contribution in [0.25, 0.3) is 6.08 Å². The first-order chi connectivity index (χ1) is 6.97. The predicted octanol–water partition coefficient (Wildman–Crippen LogP) is 4.82. The van der Waals surface area contributed by atoms with E-state index in [1.807, 2.05) is 0 Å². The summed E-state index contributed by atoms with van der Waals surface area (Å²) in [5, 5.41) is 0. The molecule has 15 heavy (non-hydrogen) atoms. The highest BCUT2D eigenvalue weighted by Crippen LogP contribution is 2.17. The average molecular weight is 218 g/mol. The summed E-state index contributed by atoms with van der Waals surface area (Å²) in [6.45, 7) is 9.54. The van der Waals surface area contributed by atoms with Gasteiger partial charge in [-0.15, -0.1) is 0 Å². The Labute approximate surface area is 95.0 Å². The van der Waals surface area contributed by atoms with Crippen LogP contribution in [0.2, 0.25) is 25.7 Å². The van der Waals surface area contributed by atoms with Crippen LogP contribution < -0.4 is 0 Å². The zero-order chi connectivity index (χ0) is 11.3. The van der Waals surface area contributed by atoms with Crippen molar-refractivity contribution in [1.29, 1.82) is 0 Å². The van der Waals surface area contributed by atoms with Crippen molar-refractivity contribution >= 4 is 14.1 Å². The summed E-state index contributed by atoms with van der Waals surface area (Å²) >= 11 is 0. The standard InChI is InChI=1S/C14H22Si/c1-13(10-11-15(2,3)4)12-14-8-6-5-7-9-14/h5-9,12H,10-11H2,1-4H3/b13-12+. The van der Waals surface area contributed by atoms with Crippen LogP contribution in [0.3, 0.4) is 0 Å². The molecule has 0 spiro atoms. The summed E-state index contributed by atoms with van der Waals surface area (Å²) in [5.41, 5.74) is 2.83. The Bertz CT molecular complexity index is 317. The Balaban J connectivity index is 2.54. The van der Waals surface area contributed by atoms with Gasteiger partial charge in [0.05, 0.1) is 0 Å². The zero-order valence-corrected chi connectivity index (χ0v) is 11.4. The Morgan fingerprint density at radius 3 is 2.27 bits per heavy atom. The number of allylic oxidation sites excluding steroid dienone is 1. The van der Waals surface area contributed by atoms with Gasteiger partial charge < -0.3 is 0 Å². The highest BCUT2D eigenvalue weighted by atomic mass is 28.3. The fourth-order valence-electron chi connectivity index (χ4n) is 1.48. The van der Waals surface area contributed by atoms with Crippen LogP contribution in [0.4, 0.5) is 0 Å². The van der Waals surface area contributed by atoms with Crippen LogP contribution in [-0.4, -0.2) is 8.07 Å². The van der Waals surface area contributed by atoms with Gasteiger partial charge in [-0.1, -0.05) is 67.7 Å². The lowest BCUT2D eigenvalue weighted by Gasteiger charge is -2.15. The molecule has 0 heterocycles. The second-order valence-corrected chi connectivity index (χ2v) is 11.1. The van der Waals surface area contributed by atoms with E-state index in [4.69, 9.17) is 0 Å². The van der Waals surface area contributed by atoms with Crippen LogP contribution in [0.15, 0.2) is 35.9 Å². The van der Waals surface area contributed by atoms with E-state index < -0.39 is 8.07 Å². The summed E-state index contributed by atoms with van der Waals surface area (Å²) in [5.74, 6) is 0. The zero-order valence-electron chi connectivity index (χ0n) is 10.4. The topological polar surface area (TPSA) is 0 Å². The molecule has 1 rings (SSSR count). The molecule has 0 radical (unpaired) electrons. The molecule has 0 aliphatic rings. The monoisotopic (exact) mass is 218 g/mol. The molecule has 0 aliphatic heterocycles. The second-order valence-electron chi connectivity index (χ2n) is 5.46. The molecule has 0 atom stereocenters. The molecule has 1 aromatic carbocycles. The highest BCUT2D eigenvalue weighted by Gasteiger charge is 2.11. The van der Waals surface area contributed by atoms with Gasteiger partial charge in [0.2, 0.25) is 0 Å². The maximum Gasteiger partial charge on any atom is 0.0445 e. The van der Waals surface area contributed by atoms with Crippen LogP contribution >= 0.6 is 0 Å². The minimum Gasteiger partial charge on any atom is -0.0730 e. The first-order valence-electron chi connectivity index (χ1n) is 5.70. The van der Waals surface area contributed by atoms with Crippen molar-refractivity contribution in [3.05, 3.63) is 41.5 Å². The van der Waals surface area contributed by atoms with Gasteiger partial charge in [-0.3, -0.25) is 0 Å². The van der Waals surface area contributed by atoms with E-state index in [1.165, 1.54) is 23.6 Å². The molecule has 1 heteroatoms. The van der Waals surface area contributed by atoms with Crippen molar-refractivity contribution in [2.45, 2.75) is 39.0 Å². The van der Waals surface area contributed by atoms with Gasteiger partial charge in [0.25, 0.3) is 0 Å². The Hall–Kier alpha value is -0.823. The maximum absolute atomic E-state index is 2.43. The van der Waals surface area contributed by atoms with Crippen LogP contribution in [0.5, 0.6) is 0 Å². The fourth-order valence-corrected chi connectivity index (χ4v) is 2.62. The molecule has 0 saturated carbocycles. The maximum atomic E-state index is 2.43. The molecular formula is C14H22Si. The van der Waals surface area contributed by atoms with Gasteiger partial charge >= 0.3 is 0 Å². The van der Waals surface area contributed by atoms with Crippen LogP contribution in [-0.2, 0) is 0 Å². The molecule has 0 amide bonds. The summed E-state index contributed by atoms with van der Waals surface area (Å²) in [7, 11) is -0.878. The minimum absolute atomic E-state index is 0.878. The van der Waals surface area contributed by atoms with Gasteiger partial charge in [0.1, 0.15) is 0 Å². The van der Waals surface area contributed by atoms with E-state index in [1.54, 1.807) is 0 Å². The van der Waals surface area contributed by atoms with E-state index in [2.05, 4.69) is 63.0 Å². The molecule has 0 aliphatic carbocycles. The minimum atomic E-state index is -0.878. The lowest BCUT2D eigenvalue weighted by molar-refractivity contribution is 1.07. The van der Waals surface area contributed by atoms with Crippen molar-refractivity contribution in [1.82, 2.24) is 0 Å². The molecule has 0 nitrogen and oxygen atoms in total. The quantitative estimate of drug-likeness (QED) is 0.636. The molecule has 82 valence electrons. The Morgan fingerprint density at radius 2 is 1.73 bits per heavy atom. The summed E-state index contributed by atoms with van der Waals surface area (Å²) < 4.78 is 0. The molecule has 0 aromatic heterocycles. The van der Waals surface area contributed by atoms with Gasteiger partial charge in [0.15, 0.2) is 0 Å². The highest BCUT2D eigenvalue weighted by molar-refractivity contribution is 6.76. The van der Waals surface area contributed by atoms with Crippen LogP contribution in [0, 0.1) is 0 Å². The van der Waals surface area contributed by atoms with Crippen molar-refractivity contribution < 1.29 is 0 Å². The molecule has 0 N–H and O–H groups in total. The summed E-state index contributed by atoms with van der Waals surface area (Å²) in [6, 6.07) is 12.0. The van der Waals surface area contributed by atoms with Crippen molar-refractivity contribution in [2.75, 3.05) is 0 Å². The molecular weight excluding hydrogens is 196 g/mol. The first kappa shape index (κ1) is 12.2. The smallest absolute Gasteiger partial charge is 0.0445 e. The van der Waals surface area contributed by atoms with Crippen molar-refractivity contribution in [3.63, 3.8) is 0 Å². The third-order valence-electron chi connectivity index (χ3n) is 2.48. The Morgan fingerprint density at radius 1 is 1.13 bits per heavy atom.